The number of aliphatic carboxylic acids is 1. The summed E-state index contributed by atoms with van der Waals surface area (Å²) in [6.45, 7) is 3.48. The predicted molar refractivity (Wildman–Crippen MR) is 133 cm³/mol. The fourth-order valence-electron chi connectivity index (χ4n) is 5.14. The highest BCUT2D eigenvalue weighted by Gasteiger charge is 2.32. The summed E-state index contributed by atoms with van der Waals surface area (Å²) in [4.78, 5) is 36.5. The zero-order chi connectivity index (χ0) is 25.0. The third-order valence-electron chi connectivity index (χ3n) is 7.31. The van der Waals surface area contributed by atoms with Crippen molar-refractivity contribution in [1.82, 2.24) is 10.6 Å². The molecule has 0 aliphatic heterocycles. The van der Waals surface area contributed by atoms with Crippen LogP contribution in [0, 0.1) is 11.3 Å². The van der Waals surface area contributed by atoms with Gasteiger partial charge in [0.25, 0.3) is 0 Å². The van der Waals surface area contributed by atoms with Crippen LogP contribution in [0.15, 0.2) is 48.5 Å². The van der Waals surface area contributed by atoms with Gasteiger partial charge in [-0.1, -0.05) is 61.4 Å². The van der Waals surface area contributed by atoms with Crippen LogP contribution in [-0.2, 0) is 14.3 Å². The molecule has 0 unspecified atom stereocenters. The number of alkyl carbamates (subject to hydrolysis) is 1. The smallest absolute Gasteiger partial charge is 0.407 e. The topological polar surface area (TPSA) is 105 Å². The standard InChI is InChI=1S/C28H34N2O5/c1-28(2,26(32)33)17-29-25(31)15-18-9-3-8-14-24(18)30-27(34)35-16-23-21-12-6-4-10-19(21)20-11-5-7-13-22(20)23/h4-7,10-13,18,23-24H,3,8-9,14-17H2,1-2H3,(H,29,31)(H,30,34)(H,32,33)/t18-,24-/m1/s1. The van der Waals surface area contributed by atoms with Gasteiger partial charge in [-0.2, -0.15) is 0 Å². The number of carbonyl (C=O) groups is 3. The van der Waals surface area contributed by atoms with E-state index in [9.17, 15) is 19.5 Å². The molecule has 2 aromatic carbocycles. The molecule has 0 heterocycles. The van der Waals surface area contributed by atoms with E-state index in [1.807, 2.05) is 24.3 Å². The van der Waals surface area contributed by atoms with Gasteiger partial charge in [0, 0.05) is 24.9 Å². The zero-order valence-corrected chi connectivity index (χ0v) is 20.4. The molecule has 0 spiro atoms. The van der Waals surface area contributed by atoms with Crippen LogP contribution in [0.25, 0.3) is 11.1 Å². The minimum atomic E-state index is -1.03. The maximum Gasteiger partial charge on any atom is 0.407 e. The zero-order valence-electron chi connectivity index (χ0n) is 20.4. The third kappa shape index (κ3) is 5.66. The molecule has 2 atom stereocenters. The quantitative estimate of drug-likeness (QED) is 0.510. The Labute approximate surface area is 206 Å². The molecular formula is C28H34N2O5. The van der Waals surface area contributed by atoms with Crippen LogP contribution >= 0.6 is 0 Å². The molecule has 0 bridgehead atoms. The third-order valence-corrected chi connectivity index (χ3v) is 7.31. The molecular weight excluding hydrogens is 444 g/mol. The van der Waals surface area contributed by atoms with E-state index in [1.165, 1.54) is 11.1 Å². The van der Waals surface area contributed by atoms with Crippen LogP contribution in [0.5, 0.6) is 0 Å². The molecule has 7 nitrogen and oxygen atoms in total. The lowest BCUT2D eigenvalue weighted by molar-refractivity contribution is -0.146. The second kappa shape index (κ2) is 10.5. The van der Waals surface area contributed by atoms with Crippen molar-refractivity contribution >= 4 is 18.0 Å². The molecule has 2 amide bonds. The van der Waals surface area contributed by atoms with E-state index in [0.717, 1.165) is 36.8 Å². The van der Waals surface area contributed by atoms with Gasteiger partial charge in [-0.15, -0.1) is 0 Å². The van der Waals surface area contributed by atoms with Gasteiger partial charge in [0.1, 0.15) is 6.61 Å². The Morgan fingerprint density at radius 2 is 1.57 bits per heavy atom. The molecule has 35 heavy (non-hydrogen) atoms. The van der Waals surface area contributed by atoms with Crippen molar-refractivity contribution in [2.75, 3.05) is 13.2 Å². The summed E-state index contributed by atoms with van der Waals surface area (Å²) < 4.78 is 5.70. The Balaban J connectivity index is 1.32. The minimum absolute atomic E-state index is 0.00123. The Morgan fingerprint density at radius 3 is 2.20 bits per heavy atom. The van der Waals surface area contributed by atoms with Crippen LogP contribution < -0.4 is 10.6 Å². The molecule has 4 rings (SSSR count). The van der Waals surface area contributed by atoms with E-state index in [2.05, 4.69) is 34.9 Å². The Bertz CT molecular complexity index is 1050. The van der Waals surface area contributed by atoms with Crippen molar-refractivity contribution in [2.24, 2.45) is 11.3 Å². The Kier molecular flexibility index (Phi) is 7.43. The fourth-order valence-corrected chi connectivity index (χ4v) is 5.14. The number of hydrogen-bond donors (Lipinski definition) is 3. The Morgan fingerprint density at radius 1 is 0.971 bits per heavy atom. The summed E-state index contributed by atoms with van der Waals surface area (Å²) >= 11 is 0. The van der Waals surface area contributed by atoms with Gasteiger partial charge in [-0.05, 0) is 54.9 Å². The van der Waals surface area contributed by atoms with Crippen molar-refractivity contribution in [2.45, 2.75) is 57.9 Å². The van der Waals surface area contributed by atoms with E-state index in [4.69, 9.17) is 4.74 Å². The second-order valence-electron chi connectivity index (χ2n) is 10.3. The summed E-state index contributed by atoms with van der Waals surface area (Å²) in [5.74, 6) is -1.15. The van der Waals surface area contributed by atoms with Crippen molar-refractivity contribution in [3.8, 4) is 11.1 Å². The Hall–Kier alpha value is -3.35. The monoisotopic (exact) mass is 478 g/mol. The highest BCUT2D eigenvalue weighted by atomic mass is 16.5. The second-order valence-corrected chi connectivity index (χ2v) is 10.3. The van der Waals surface area contributed by atoms with Crippen LogP contribution in [0.1, 0.15) is 63.0 Å². The molecule has 2 aliphatic rings. The average Bonchev–Trinajstić information content (AvgIpc) is 3.16. The summed E-state index contributed by atoms with van der Waals surface area (Å²) in [6.07, 6.45) is 3.41. The lowest BCUT2D eigenvalue weighted by atomic mass is 9.82. The summed E-state index contributed by atoms with van der Waals surface area (Å²) in [6, 6.07) is 16.3. The number of rotatable bonds is 8. The highest BCUT2D eigenvalue weighted by molar-refractivity contribution is 5.80. The van der Waals surface area contributed by atoms with E-state index < -0.39 is 17.5 Å². The number of ether oxygens (including phenoxy) is 1. The lowest BCUT2D eigenvalue weighted by Crippen LogP contribution is -2.45. The average molecular weight is 479 g/mol. The van der Waals surface area contributed by atoms with E-state index in [-0.39, 0.29) is 43.4 Å². The molecule has 2 aliphatic carbocycles. The molecule has 1 fully saturated rings. The maximum atomic E-state index is 12.8. The number of benzene rings is 2. The number of amides is 2. The molecule has 186 valence electrons. The SMILES string of the molecule is CC(C)(CNC(=O)C[C@H]1CCCC[C@H]1NC(=O)OCC1c2ccccc2-c2ccccc21)C(=O)O. The van der Waals surface area contributed by atoms with Crippen LogP contribution in [0.3, 0.4) is 0 Å². The van der Waals surface area contributed by atoms with Crippen molar-refractivity contribution in [1.29, 1.82) is 0 Å². The first kappa shape index (κ1) is 24.8. The predicted octanol–water partition coefficient (Wildman–Crippen LogP) is 4.70. The van der Waals surface area contributed by atoms with Crippen LogP contribution in [0.4, 0.5) is 4.79 Å². The number of nitrogens with one attached hydrogen (secondary N) is 2. The normalized spacial score (nSPS) is 19.4. The molecule has 1 saturated carbocycles. The van der Waals surface area contributed by atoms with Gasteiger partial charge in [-0.25, -0.2) is 4.79 Å². The number of carbonyl (C=O) groups excluding carboxylic acids is 2. The molecule has 7 heteroatoms. The first-order chi connectivity index (χ1) is 16.8. The molecule has 0 aromatic heterocycles. The molecule has 0 radical (unpaired) electrons. The van der Waals surface area contributed by atoms with Gasteiger partial charge < -0.3 is 20.5 Å². The van der Waals surface area contributed by atoms with E-state index in [1.54, 1.807) is 13.8 Å². The highest BCUT2D eigenvalue weighted by Crippen LogP contribution is 2.44. The van der Waals surface area contributed by atoms with Crippen molar-refractivity contribution in [3.05, 3.63) is 59.7 Å². The molecule has 0 saturated heterocycles. The van der Waals surface area contributed by atoms with E-state index in [0.29, 0.717) is 0 Å². The maximum absolute atomic E-state index is 12.8. The summed E-state index contributed by atoms with van der Waals surface area (Å²) in [7, 11) is 0. The molecule has 2 aromatic rings. The summed E-state index contributed by atoms with van der Waals surface area (Å²) in [5.41, 5.74) is 3.67. The first-order valence-corrected chi connectivity index (χ1v) is 12.4. The minimum Gasteiger partial charge on any atom is -0.481 e. The first-order valence-electron chi connectivity index (χ1n) is 12.4. The molecule has 3 N–H and O–H groups in total. The number of hydrogen-bond acceptors (Lipinski definition) is 4. The van der Waals surface area contributed by atoms with Gasteiger partial charge >= 0.3 is 12.1 Å². The number of carboxylic acids is 1. The number of carboxylic acid groups (broad SMARTS) is 1. The van der Waals surface area contributed by atoms with Gasteiger partial charge in [0.05, 0.1) is 5.41 Å². The largest absolute Gasteiger partial charge is 0.481 e. The van der Waals surface area contributed by atoms with Crippen LogP contribution in [0.2, 0.25) is 0 Å². The van der Waals surface area contributed by atoms with Crippen LogP contribution in [-0.4, -0.2) is 42.3 Å². The van der Waals surface area contributed by atoms with Gasteiger partial charge in [-0.3, -0.25) is 9.59 Å². The van der Waals surface area contributed by atoms with E-state index >= 15 is 0 Å². The fraction of sp³-hybridized carbons (Fsp3) is 0.464. The van der Waals surface area contributed by atoms with Gasteiger partial charge in [0.15, 0.2) is 0 Å². The van der Waals surface area contributed by atoms with Crippen molar-refractivity contribution in [3.63, 3.8) is 0 Å². The number of fused-ring (bicyclic) bond motifs is 3. The van der Waals surface area contributed by atoms with Crippen molar-refractivity contribution < 1.29 is 24.2 Å². The lowest BCUT2D eigenvalue weighted by Gasteiger charge is -2.32. The summed E-state index contributed by atoms with van der Waals surface area (Å²) in [5, 5.41) is 15.0. The van der Waals surface area contributed by atoms with Gasteiger partial charge in [0.2, 0.25) is 5.91 Å².